The van der Waals surface area contributed by atoms with E-state index in [4.69, 9.17) is 14.2 Å². The first kappa shape index (κ1) is 21.0. The molecule has 2 aromatic carbocycles. The third-order valence-electron chi connectivity index (χ3n) is 5.61. The minimum absolute atomic E-state index is 0.0872. The lowest BCUT2D eigenvalue weighted by atomic mass is 9.95. The van der Waals surface area contributed by atoms with Crippen molar-refractivity contribution in [3.63, 3.8) is 0 Å². The monoisotopic (exact) mass is 399 g/mol. The number of likely N-dealkylation sites (tertiary alicyclic amines) is 1. The summed E-state index contributed by atoms with van der Waals surface area (Å²) in [7, 11) is 4.98. The Kier molecular flexibility index (Phi) is 7.36. The van der Waals surface area contributed by atoms with Crippen molar-refractivity contribution in [3.8, 4) is 17.2 Å². The van der Waals surface area contributed by atoms with Gasteiger partial charge in [-0.15, -0.1) is 0 Å². The molecule has 3 rings (SSSR count). The van der Waals surface area contributed by atoms with Crippen LogP contribution in [0.3, 0.4) is 0 Å². The van der Waals surface area contributed by atoms with Gasteiger partial charge in [0, 0.05) is 25.3 Å². The Morgan fingerprint density at radius 2 is 1.72 bits per heavy atom. The zero-order valence-corrected chi connectivity index (χ0v) is 17.5. The molecule has 2 N–H and O–H groups in total. The van der Waals surface area contributed by atoms with Gasteiger partial charge in [0.25, 0.3) is 0 Å². The van der Waals surface area contributed by atoms with Gasteiger partial charge in [0.2, 0.25) is 5.91 Å². The number of benzene rings is 2. The van der Waals surface area contributed by atoms with Gasteiger partial charge in [-0.05, 0) is 29.8 Å². The van der Waals surface area contributed by atoms with Crippen LogP contribution in [-0.4, -0.2) is 40.3 Å². The molecule has 1 heterocycles. The molecule has 0 unspecified atom stereocenters. The predicted octanol–water partition coefficient (Wildman–Crippen LogP) is 1.82. The van der Waals surface area contributed by atoms with E-state index < -0.39 is 0 Å². The minimum Gasteiger partial charge on any atom is -0.497 e. The van der Waals surface area contributed by atoms with Crippen molar-refractivity contribution in [1.82, 2.24) is 5.32 Å². The molecule has 1 amide bonds. The van der Waals surface area contributed by atoms with Gasteiger partial charge in [0.15, 0.2) is 11.5 Å². The number of hydrogen-bond donors (Lipinski definition) is 2. The molecular formula is C23H31N2O4+. The molecule has 6 nitrogen and oxygen atoms in total. The lowest BCUT2D eigenvalue weighted by Crippen LogP contribution is -3.11. The van der Waals surface area contributed by atoms with Gasteiger partial charge in [-0.3, -0.25) is 4.79 Å². The molecular weight excluding hydrogens is 368 g/mol. The van der Waals surface area contributed by atoms with Crippen LogP contribution in [0.1, 0.15) is 24.0 Å². The number of ether oxygens (including phenoxy) is 3. The number of piperidine rings is 1. The number of carbonyl (C=O) groups excluding carboxylic acids is 1. The van der Waals surface area contributed by atoms with Crippen LogP contribution in [0.2, 0.25) is 0 Å². The largest absolute Gasteiger partial charge is 0.497 e. The quantitative estimate of drug-likeness (QED) is 0.711. The summed E-state index contributed by atoms with van der Waals surface area (Å²) in [4.78, 5) is 14.0. The van der Waals surface area contributed by atoms with Crippen LogP contribution in [-0.2, 0) is 17.9 Å². The molecule has 1 aliphatic heterocycles. The van der Waals surface area contributed by atoms with E-state index in [-0.39, 0.29) is 11.8 Å². The molecule has 1 aliphatic rings. The molecule has 0 radical (unpaired) electrons. The first-order chi connectivity index (χ1) is 14.1. The Morgan fingerprint density at radius 1 is 1.00 bits per heavy atom. The predicted molar refractivity (Wildman–Crippen MR) is 112 cm³/mol. The number of para-hydroxylation sites is 1. The van der Waals surface area contributed by atoms with E-state index in [0.29, 0.717) is 6.54 Å². The molecule has 0 spiro atoms. The molecule has 1 fully saturated rings. The summed E-state index contributed by atoms with van der Waals surface area (Å²) < 4.78 is 16.1. The highest BCUT2D eigenvalue weighted by Gasteiger charge is 2.28. The number of hydrogen-bond acceptors (Lipinski definition) is 4. The van der Waals surface area contributed by atoms with Crippen LogP contribution in [0.5, 0.6) is 17.2 Å². The van der Waals surface area contributed by atoms with Crippen LogP contribution >= 0.6 is 0 Å². The fraction of sp³-hybridized carbons (Fsp3) is 0.435. The van der Waals surface area contributed by atoms with Gasteiger partial charge >= 0.3 is 0 Å². The Bertz CT molecular complexity index is 799. The second-order valence-corrected chi connectivity index (χ2v) is 7.42. The van der Waals surface area contributed by atoms with Crippen molar-refractivity contribution in [2.75, 3.05) is 34.4 Å². The van der Waals surface area contributed by atoms with Crippen LogP contribution in [0.4, 0.5) is 0 Å². The van der Waals surface area contributed by atoms with Crippen LogP contribution < -0.4 is 24.4 Å². The first-order valence-corrected chi connectivity index (χ1v) is 10.1. The van der Waals surface area contributed by atoms with Crippen molar-refractivity contribution in [3.05, 3.63) is 53.6 Å². The summed E-state index contributed by atoms with van der Waals surface area (Å²) >= 11 is 0. The highest BCUT2D eigenvalue weighted by atomic mass is 16.5. The maximum atomic E-state index is 12.6. The van der Waals surface area contributed by atoms with Crippen LogP contribution in [0, 0.1) is 5.92 Å². The van der Waals surface area contributed by atoms with Gasteiger partial charge in [-0.25, -0.2) is 0 Å². The van der Waals surface area contributed by atoms with Gasteiger partial charge in [0.05, 0.1) is 40.0 Å². The summed E-state index contributed by atoms with van der Waals surface area (Å²) in [6, 6.07) is 13.8. The SMILES string of the molecule is COc1ccc(CNC(=O)C2CC[NH+](Cc3cccc(OC)c3OC)CC2)cc1. The van der Waals surface area contributed by atoms with Gasteiger partial charge in [-0.1, -0.05) is 18.2 Å². The minimum atomic E-state index is 0.0872. The molecule has 0 aliphatic carbocycles. The highest BCUT2D eigenvalue weighted by molar-refractivity contribution is 5.78. The van der Waals surface area contributed by atoms with Crippen LogP contribution in [0.25, 0.3) is 0 Å². The maximum Gasteiger partial charge on any atom is 0.223 e. The van der Waals surface area contributed by atoms with Crippen molar-refractivity contribution in [1.29, 1.82) is 0 Å². The van der Waals surface area contributed by atoms with E-state index in [1.54, 1.807) is 21.3 Å². The second kappa shape index (κ2) is 10.2. The number of quaternary nitrogens is 1. The van der Waals surface area contributed by atoms with Crippen molar-refractivity contribution < 1.29 is 23.9 Å². The molecule has 0 bridgehead atoms. The van der Waals surface area contributed by atoms with Crippen molar-refractivity contribution in [2.45, 2.75) is 25.9 Å². The Balaban J connectivity index is 1.48. The van der Waals surface area contributed by atoms with E-state index in [9.17, 15) is 4.79 Å². The fourth-order valence-electron chi connectivity index (χ4n) is 3.90. The van der Waals surface area contributed by atoms with Crippen LogP contribution in [0.15, 0.2) is 42.5 Å². The van der Waals surface area contributed by atoms with E-state index in [1.807, 2.05) is 36.4 Å². The molecule has 0 aromatic heterocycles. The smallest absolute Gasteiger partial charge is 0.223 e. The Morgan fingerprint density at radius 3 is 2.34 bits per heavy atom. The molecule has 0 saturated carbocycles. The summed E-state index contributed by atoms with van der Waals surface area (Å²) in [5.41, 5.74) is 2.22. The van der Waals surface area contributed by atoms with Gasteiger partial charge < -0.3 is 24.4 Å². The highest BCUT2D eigenvalue weighted by Crippen LogP contribution is 2.30. The number of amides is 1. The maximum absolute atomic E-state index is 12.6. The Labute approximate surface area is 172 Å². The van der Waals surface area contributed by atoms with Crippen molar-refractivity contribution >= 4 is 5.91 Å². The van der Waals surface area contributed by atoms with E-state index in [0.717, 1.165) is 60.9 Å². The lowest BCUT2D eigenvalue weighted by Gasteiger charge is -2.29. The zero-order valence-electron chi connectivity index (χ0n) is 17.5. The molecule has 2 aromatic rings. The molecule has 29 heavy (non-hydrogen) atoms. The zero-order chi connectivity index (χ0) is 20.6. The topological polar surface area (TPSA) is 61.2 Å². The number of carbonyl (C=O) groups is 1. The van der Waals surface area contributed by atoms with E-state index in [2.05, 4.69) is 11.4 Å². The first-order valence-electron chi connectivity index (χ1n) is 10.1. The lowest BCUT2D eigenvalue weighted by molar-refractivity contribution is -0.919. The average molecular weight is 400 g/mol. The summed E-state index contributed by atoms with van der Waals surface area (Å²) in [5, 5.41) is 3.08. The number of methoxy groups -OCH3 is 3. The average Bonchev–Trinajstić information content (AvgIpc) is 2.78. The third kappa shape index (κ3) is 5.41. The van der Waals surface area contributed by atoms with Crippen molar-refractivity contribution in [2.24, 2.45) is 5.92 Å². The molecule has 1 saturated heterocycles. The second-order valence-electron chi connectivity index (χ2n) is 7.42. The van der Waals surface area contributed by atoms with Gasteiger partial charge in [-0.2, -0.15) is 0 Å². The summed E-state index contributed by atoms with van der Waals surface area (Å²) in [6.07, 6.45) is 1.80. The normalized spacial score (nSPS) is 18.7. The molecule has 6 heteroatoms. The molecule has 0 atom stereocenters. The van der Waals surface area contributed by atoms with Gasteiger partial charge in [0.1, 0.15) is 12.3 Å². The third-order valence-corrected chi connectivity index (χ3v) is 5.61. The summed E-state index contributed by atoms with van der Waals surface area (Å²) in [6.45, 7) is 3.37. The fourth-order valence-corrected chi connectivity index (χ4v) is 3.90. The summed E-state index contributed by atoms with van der Waals surface area (Å²) in [5.74, 6) is 2.63. The van der Waals surface area contributed by atoms with E-state index >= 15 is 0 Å². The molecule has 156 valence electrons. The number of nitrogens with one attached hydrogen (secondary N) is 2. The standard InChI is InChI=1S/C23H30N2O4/c1-27-20-9-7-17(8-10-20)15-24-23(26)18-11-13-25(14-12-18)16-19-5-4-6-21(28-2)22(19)29-3/h4-10,18H,11-16H2,1-3H3,(H,24,26)/p+1. The Hall–Kier alpha value is -2.73. The number of rotatable bonds is 8. The van der Waals surface area contributed by atoms with E-state index in [1.165, 1.54) is 4.90 Å².